The molecule has 1 fully saturated rings. The summed E-state index contributed by atoms with van der Waals surface area (Å²) >= 11 is 5.96. The highest BCUT2D eigenvalue weighted by atomic mass is 35.5. The summed E-state index contributed by atoms with van der Waals surface area (Å²) in [6.45, 7) is 4.70. The maximum Gasteiger partial charge on any atom is 0.243 e. The van der Waals surface area contributed by atoms with Crippen molar-refractivity contribution in [3.63, 3.8) is 0 Å². The van der Waals surface area contributed by atoms with Crippen LogP contribution in [-0.2, 0) is 14.8 Å². The lowest BCUT2D eigenvalue weighted by Crippen LogP contribution is -2.44. The Balaban J connectivity index is 2.39. The lowest BCUT2D eigenvalue weighted by atomic mass is 10.2. The van der Waals surface area contributed by atoms with Gasteiger partial charge in [0.25, 0.3) is 0 Å². The zero-order valence-electron chi connectivity index (χ0n) is 10.9. The first-order chi connectivity index (χ1) is 8.82. The zero-order valence-corrected chi connectivity index (χ0v) is 12.5. The smallest absolute Gasteiger partial charge is 0.243 e. The molecule has 0 radical (unpaired) electrons. The quantitative estimate of drug-likeness (QED) is 0.843. The summed E-state index contributed by atoms with van der Waals surface area (Å²) in [5.41, 5.74) is 6.67. The minimum atomic E-state index is -3.54. The number of nitrogen functional groups attached to an aromatic ring is 1. The van der Waals surface area contributed by atoms with Crippen LogP contribution in [0.4, 0.5) is 5.69 Å². The van der Waals surface area contributed by atoms with E-state index in [-0.39, 0.29) is 16.7 Å². The SMILES string of the molecule is Cc1cc(S(=O)(=O)N2CCOC(C)C2)cc(N)c1Cl. The van der Waals surface area contributed by atoms with Crippen LogP contribution in [-0.4, -0.2) is 38.5 Å². The third-order valence-corrected chi connectivity index (χ3v) is 5.46. The van der Waals surface area contributed by atoms with Crippen LogP contribution in [0.2, 0.25) is 5.02 Å². The minimum Gasteiger partial charge on any atom is -0.397 e. The molecular weight excluding hydrogens is 288 g/mol. The molecule has 0 aromatic heterocycles. The fraction of sp³-hybridized carbons (Fsp3) is 0.500. The summed E-state index contributed by atoms with van der Waals surface area (Å²) < 4.78 is 31.8. The molecule has 0 bridgehead atoms. The zero-order chi connectivity index (χ0) is 14.2. The van der Waals surface area contributed by atoms with Crippen LogP contribution in [0.15, 0.2) is 17.0 Å². The Labute approximate surface area is 118 Å². The molecule has 7 heteroatoms. The average Bonchev–Trinajstić information content (AvgIpc) is 2.35. The molecule has 1 heterocycles. The van der Waals surface area contributed by atoms with E-state index in [9.17, 15) is 8.42 Å². The number of nitrogens with two attached hydrogens (primary N) is 1. The van der Waals surface area contributed by atoms with Crippen molar-refractivity contribution in [1.82, 2.24) is 4.31 Å². The molecule has 2 rings (SSSR count). The topological polar surface area (TPSA) is 72.6 Å². The van der Waals surface area contributed by atoms with Gasteiger partial charge in [0.1, 0.15) is 0 Å². The van der Waals surface area contributed by atoms with Gasteiger partial charge in [0.2, 0.25) is 10.0 Å². The molecule has 0 aliphatic carbocycles. The fourth-order valence-electron chi connectivity index (χ4n) is 2.07. The van der Waals surface area contributed by atoms with Crippen LogP contribution in [0.25, 0.3) is 0 Å². The molecule has 0 saturated carbocycles. The standard InChI is InChI=1S/C12H17ClN2O3S/c1-8-5-10(6-11(14)12(8)13)19(16,17)15-3-4-18-9(2)7-15/h5-6,9H,3-4,7,14H2,1-2H3. The van der Waals surface area contributed by atoms with Gasteiger partial charge in [-0.15, -0.1) is 0 Å². The van der Waals surface area contributed by atoms with E-state index in [1.807, 2.05) is 6.92 Å². The van der Waals surface area contributed by atoms with Gasteiger partial charge >= 0.3 is 0 Å². The number of rotatable bonds is 2. The van der Waals surface area contributed by atoms with Gasteiger partial charge in [0.15, 0.2) is 0 Å². The number of benzene rings is 1. The van der Waals surface area contributed by atoms with E-state index < -0.39 is 10.0 Å². The number of halogens is 1. The summed E-state index contributed by atoms with van der Waals surface area (Å²) in [6.07, 6.45) is -0.103. The lowest BCUT2D eigenvalue weighted by molar-refractivity contribution is 0.0102. The number of hydrogen-bond acceptors (Lipinski definition) is 4. The van der Waals surface area contributed by atoms with E-state index in [0.717, 1.165) is 0 Å². The predicted octanol–water partition coefficient (Wildman–Crippen LogP) is 1.64. The van der Waals surface area contributed by atoms with Crippen molar-refractivity contribution in [3.8, 4) is 0 Å². The van der Waals surface area contributed by atoms with Gasteiger partial charge in [-0.05, 0) is 31.5 Å². The minimum absolute atomic E-state index is 0.103. The largest absolute Gasteiger partial charge is 0.397 e. The normalized spacial score (nSPS) is 21.5. The maximum atomic E-state index is 12.5. The molecule has 1 saturated heterocycles. The van der Waals surface area contributed by atoms with Crippen LogP contribution in [0.1, 0.15) is 12.5 Å². The monoisotopic (exact) mass is 304 g/mol. The second-order valence-corrected chi connectivity index (χ2v) is 7.00. The fourth-order valence-corrected chi connectivity index (χ4v) is 3.80. The first kappa shape index (κ1) is 14.6. The van der Waals surface area contributed by atoms with Crippen LogP contribution >= 0.6 is 11.6 Å². The summed E-state index contributed by atoms with van der Waals surface area (Å²) in [7, 11) is -3.54. The third-order valence-electron chi connectivity index (χ3n) is 3.10. The molecule has 1 aliphatic heterocycles. The summed E-state index contributed by atoms with van der Waals surface area (Å²) in [5.74, 6) is 0. The first-order valence-electron chi connectivity index (χ1n) is 5.99. The molecule has 1 atom stereocenters. The van der Waals surface area contributed by atoms with Gasteiger partial charge in [-0.25, -0.2) is 8.42 Å². The summed E-state index contributed by atoms with van der Waals surface area (Å²) in [6, 6.07) is 2.96. The number of aryl methyl sites for hydroxylation is 1. The van der Waals surface area contributed by atoms with E-state index in [1.54, 1.807) is 13.0 Å². The van der Waals surface area contributed by atoms with Gasteiger partial charge in [-0.2, -0.15) is 4.31 Å². The molecule has 0 amide bonds. The van der Waals surface area contributed by atoms with E-state index in [4.69, 9.17) is 22.1 Å². The van der Waals surface area contributed by atoms with E-state index >= 15 is 0 Å². The second kappa shape index (κ2) is 5.28. The molecule has 1 aromatic rings. The van der Waals surface area contributed by atoms with Crippen molar-refractivity contribution in [3.05, 3.63) is 22.7 Å². The van der Waals surface area contributed by atoms with Gasteiger partial charge in [0.05, 0.1) is 28.3 Å². The van der Waals surface area contributed by atoms with E-state index in [2.05, 4.69) is 0 Å². The number of anilines is 1. The molecule has 1 aliphatic rings. The molecule has 1 aromatic carbocycles. The Morgan fingerprint density at radius 2 is 2.16 bits per heavy atom. The van der Waals surface area contributed by atoms with Crippen molar-refractivity contribution in [2.45, 2.75) is 24.8 Å². The third kappa shape index (κ3) is 2.86. The Hall–Kier alpha value is -0.820. The number of sulfonamides is 1. The van der Waals surface area contributed by atoms with Crippen LogP contribution in [0.3, 0.4) is 0 Å². The van der Waals surface area contributed by atoms with Gasteiger partial charge in [-0.1, -0.05) is 11.6 Å². The molecule has 106 valence electrons. The van der Waals surface area contributed by atoms with Crippen molar-refractivity contribution in [1.29, 1.82) is 0 Å². The van der Waals surface area contributed by atoms with Crippen molar-refractivity contribution >= 4 is 27.3 Å². The summed E-state index contributed by atoms with van der Waals surface area (Å²) in [4.78, 5) is 0.181. The molecular formula is C12H17ClN2O3S. The Kier molecular flexibility index (Phi) is 4.06. The van der Waals surface area contributed by atoms with Crippen LogP contribution < -0.4 is 5.73 Å². The Morgan fingerprint density at radius 1 is 1.47 bits per heavy atom. The van der Waals surface area contributed by atoms with Crippen molar-refractivity contribution in [2.24, 2.45) is 0 Å². The number of nitrogens with zero attached hydrogens (tertiary/aromatic N) is 1. The van der Waals surface area contributed by atoms with Gasteiger partial charge in [-0.3, -0.25) is 0 Å². The molecule has 19 heavy (non-hydrogen) atoms. The number of ether oxygens (including phenoxy) is 1. The van der Waals surface area contributed by atoms with Crippen LogP contribution in [0, 0.1) is 6.92 Å². The van der Waals surface area contributed by atoms with Crippen LogP contribution in [0.5, 0.6) is 0 Å². The first-order valence-corrected chi connectivity index (χ1v) is 7.81. The molecule has 1 unspecified atom stereocenters. The number of hydrogen-bond donors (Lipinski definition) is 1. The highest BCUT2D eigenvalue weighted by molar-refractivity contribution is 7.89. The number of morpholine rings is 1. The van der Waals surface area contributed by atoms with Gasteiger partial charge < -0.3 is 10.5 Å². The maximum absolute atomic E-state index is 12.5. The highest BCUT2D eigenvalue weighted by Crippen LogP contribution is 2.28. The Bertz CT molecular complexity index is 566. The second-order valence-electron chi connectivity index (χ2n) is 4.69. The average molecular weight is 305 g/mol. The molecule has 2 N–H and O–H groups in total. The Morgan fingerprint density at radius 3 is 2.74 bits per heavy atom. The van der Waals surface area contributed by atoms with Crippen molar-refractivity contribution in [2.75, 3.05) is 25.4 Å². The summed E-state index contributed by atoms with van der Waals surface area (Å²) in [5, 5.41) is 0.397. The lowest BCUT2D eigenvalue weighted by Gasteiger charge is -2.30. The van der Waals surface area contributed by atoms with E-state index in [0.29, 0.717) is 30.3 Å². The highest BCUT2D eigenvalue weighted by Gasteiger charge is 2.29. The van der Waals surface area contributed by atoms with Gasteiger partial charge in [0, 0.05) is 13.1 Å². The van der Waals surface area contributed by atoms with E-state index in [1.165, 1.54) is 10.4 Å². The predicted molar refractivity (Wildman–Crippen MR) is 74.8 cm³/mol. The molecule has 5 nitrogen and oxygen atoms in total. The van der Waals surface area contributed by atoms with Crippen molar-refractivity contribution < 1.29 is 13.2 Å². The molecule has 0 spiro atoms.